The van der Waals surface area contributed by atoms with E-state index in [0.29, 0.717) is 12.0 Å². The first-order valence-electron chi connectivity index (χ1n) is 6.56. The van der Waals surface area contributed by atoms with E-state index < -0.39 is 0 Å². The van der Waals surface area contributed by atoms with Gasteiger partial charge in [-0.25, -0.2) is 0 Å². The summed E-state index contributed by atoms with van der Waals surface area (Å²) in [4.78, 5) is 0. The minimum absolute atomic E-state index is 0. The second-order valence-corrected chi connectivity index (χ2v) is 5.55. The van der Waals surface area contributed by atoms with Gasteiger partial charge in [0.05, 0.1) is 0 Å². The van der Waals surface area contributed by atoms with Gasteiger partial charge in [-0.05, 0) is 41.8 Å². The molecule has 0 aliphatic heterocycles. The van der Waals surface area contributed by atoms with Crippen LogP contribution < -0.4 is 11.1 Å². The van der Waals surface area contributed by atoms with Crippen LogP contribution in [0.25, 0.3) is 0 Å². The minimum atomic E-state index is 0. The van der Waals surface area contributed by atoms with Crippen LogP contribution in [-0.2, 0) is 6.54 Å². The van der Waals surface area contributed by atoms with Crippen molar-refractivity contribution >= 4 is 29.7 Å². The molecule has 3 N–H and O–H groups in total. The molecule has 2 nitrogen and oxygen atoms in total. The average molecular weight is 309 g/mol. The molecule has 106 valence electrons. The third kappa shape index (κ3) is 3.66. The lowest BCUT2D eigenvalue weighted by molar-refractivity contribution is 0.990. The molecule has 0 heterocycles. The van der Waals surface area contributed by atoms with Crippen LogP contribution in [0.3, 0.4) is 0 Å². The Morgan fingerprint density at radius 1 is 1.15 bits per heavy atom. The first-order valence-corrected chi connectivity index (χ1v) is 6.94. The van der Waals surface area contributed by atoms with Crippen molar-refractivity contribution in [1.82, 2.24) is 0 Å². The number of anilines is 1. The number of nitrogens with one attached hydrogen (secondary N) is 1. The summed E-state index contributed by atoms with van der Waals surface area (Å²) in [6, 6.07) is 16.8. The second kappa shape index (κ2) is 6.49. The van der Waals surface area contributed by atoms with Crippen molar-refractivity contribution in [2.45, 2.75) is 24.9 Å². The topological polar surface area (TPSA) is 38.0 Å². The Bertz CT molecular complexity index is 569. The molecule has 1 fully saturated rings. The molecular weight excluding hydrogens is 291 g/mol. The number of benzene rings is 2. The van der Waals surface area contributed by atoms with Crippen LogP contribution in [0, 0.1) is 0 Å². The summed E-state index contributed by atoms with van der Waals surface area (Å²) in [6.07, 6.45) is 1.12. The highest BCUT2D eigenvalue weighted by molar-refractivity contribution is 6.30. The molecule has 4 heteroatoms. The monoisotopic (exact) mass is 308 g/mol. The van der Waals surface area contributed by atoms with Crippen molar-refractivity contribution in [2.24, 2.45) is 5.73 Å². The normalized spacial score (nSPS) is 20.1. The van der Waals surface area contributed by atoms with Gasteiger partial charge in [0, 0.05) is 29.2 Å². The largest absolute Gasteiger partial charge is 0.381 e. The zero-order valence-electron chi connectivity index (χ0n) is 11.1. The molecule has 1 aliphatic rings. The predicted octanol–water partition coefficient (Wildman–Crippen LogP) is 4.19. The number of hydrogen-bond donors (Lipinski definition) is 2. The number of rotatable bonds is 4. The maximum absolute atomic E-state index is 5.96. The Hall–Kier alpha value is -1.22. The molecule has 2 atom stereocenters. The van der Waals surface area contributed by atoms with Crippen LogP contribution >= 0.6 is 24.0 Å². The maximum Gasteiger partial charge on any atom is 0.0409 e. The van der Waals surface area contributed by atoms with Gasteiger partial charge in [0.25, 0.3) is 0 Å². The van der Waals surface area contributed by atoms with Gasteiger partial charge in [0.2, 0.25) is 0 Å². The van der Waals surface area contributed by atoms with Crippen molar-refractivity contribution in [3.05, 3.63) is 64.7 Å². The lowest BCUT2D eigenvalue weighted by atomic mass is 10.1. The molecule has 2 unspecified atom stereocenters. The highest BCUT2D eigenvalue weighted by atomic mass is 35.5. The highest BCUT2D eigenvalue weighted by Gasteiger charge is 2.34. The summed E-state index contributed by atoms with van der Waals surface area (Å²) in [5, 5.41) is 4.17. The fourth-order valence-corrected chi connectivity index (χ4v) is 2.51. The molecule has 0 radical (unpaired) electrons. The van der Waals surface area contributed by atoms with Crippen LogP contribution in [0.1, 0.15) is 23.5 Å². The van der Waals surface area contributed by atoms with Gasteiger partial charge in [-0.15, -0.1) is 12.4 Å². The van der Waals surface area contributed by atoms with Gasteiger partial charge in [-0.3, -0.25) is 0 Å². The Labute approximate surface area is 130 Å². The summed E-state index contributed by atoms with van der Waals surface area (Å²) in [5.74, 6) is 0.571. The van der Waals surface area contributed by atoms with E-state index in [9.17, 15) is 0 Å². The zero-order valence-corrected chi connectivity index (χ0v) is 12.6. The number of hydrogen-bond acceptors (Lipinski definition) is 2. The Balaban J connectivity index is 0.00000147. The van der Waals surface area contributed by atoms with E-state index in [1.165, 1.54) is 11.1 Å². The van der Waals surface area contributed by atoms with Crippen molar-refractivity contribution < 1.29 is 0 Å². The third-order valence-electron chi connectivity index (χ3n) is 3.56. The van der Waals surface area contributed by atoms with E-state index in [1.54, 1.807) is 0 Å². The molecule has 2 aromatic rings. The summed E-state index contributed by atoms with van der Waals surface area (Å²) < 4.78 is 0. The number of halogens is 2. The molecule has 2 aromatic carbocycles. The quantitative estimate of drug-likeness (QED) is 0.889. The minimum Gasteiger partial charge on any atom is -0.381 e. The molecule has 1 saturated carbocycles. The summed E-state index contributed by atoms with van der Waals surface area (Å²) in [7, 11) is 0. The molecule has 1 aliphatic carbocycles. The fourth-order valence-electron chi connectivity index (χ4n) is 2.30. The van der Waals surface area contributed by atoms with E-state index >= 15 is 0 Å². The molecule has 20 heavy (non-hydrogen) atoms. The predicted molar refractivity (Wildman–Crippen MR) is 87.8 cm³/mol. The standard InChI is InChI=1S/C16H17ClN2.ClH/c17-13-3-1-2-11(8-13)10-19-14-6-4-12(5-7-14)15-9-16(15)18;/h1-8,15-16,19H,9-10,18H2;1H. The van der Waals surface area contributed by atoms with Crippen molar-refractivity contribution in [2.75, 3.05) is 5.32 Å². The van der Waals surface area contributed by atoms with Crippen LogP contribution in [0.4, 0.5) is 5.69 Å². The zero-order chi connectivity index (χ0) is 13.2. The Kier molecular flexibility index (Phi) is 4.92. The molecule has 0 aromatic heterocycles. The van der Waals surface area contributed by atoms with Crippen molar-refractivity contribution in [1.29, 1.82) is 0 Å². The molecule has 0 bridgehead atoms. The second-order valence-electron chi connectivity index (χ2n) is 5.11. The first kappa shape index (κ1) is 15.2. The summed E-state index contributed by atoms with van der Waals surface area (Å²) in [6.45, 7) is 0.781. The van der Waals surface area contributed by atoms with Gasteiger partial charge in [-0.2, -0.15) is 0 Å². The van der Waals surface area contributed by atoms with E-state index in [0.717, 1.165) is 23.7 Å². The van der Waals surface area contributed by atoms with Gasteiger partial charge < -0.3 is 11.1 Å². The summed E-state index contributed by atoms with van der Waals surface area (Å²) in [5.41, 5.74) is 9.51. The lowest BCUT2D eigenvalue weighted by Crippen LogP contribution is -2.01. The smallest absolute Gasteiger partial charge is 0.0409 e. The van der Waals surface area contributed by atoms with Gasteiger partial charge in [0.15, 0.2) is 0 Å². The van der Waals surface area contributed by atoms with Crippen LogP contribution in [0.15, 0.2) is 48.5 Å². The molecule has 0 spiro atoms. The van der Waals surface area contributed by atoms with Gasteiger partial charge in [0.1, 0.15) is 0 Å². The Morgan fingerprint density at radius 2 is 1.85 bits per heavy atom. The Morgan fingerprint density at radius 3 is 2.45 bits per heavy atom. The molecule has 0 amide bonds. The molecule has 0 saturated heterocycles. The third-order valence-corrected chi connectivity index (χ3v) is 3.80. The highest BCUT2D eigenvalue weighted by Crippen LogP contribution is 2.39. The fraction of sp³-hybridized carbons (Fsp3) is 0.250. The average Bonchev–Trinajstić information content (AvgIpc) is 3.14. The van der Waals surface area contributed by atoms with E-state index in [-0.39, 0.29) is 12.4 Å². The van der Waals surface area contributed by atoms with Gasteiger partial charge in [-0.1, -0.05) is 35.9 Å². The first-order chi connectivity index (χ1) is 9.22. The van der Waals surface area contributed by atoms with E-state index in [4.69, 9.17) is 17.3 Å². The van der Waals surface area contributed by atoms with E-state index in [1.807, 2.05) is 18.2 Å². The van der Waals surface area contributed by atoms with Gasteiger partial charge >= 0.3 is 0 Å². The van der Waals surface area contributed by atoms with E-state index in [2.05, 4.69) is 35.6 Å². The van der Waals surface area contributed by atoms with Crippen molar-refractivity contribution in [3.8, 4) is 0 Å². The van der Waals surface area contributed by atoms with Crippen molar-refractivity contribution in [3.63, 3.8) is 0 Å². The molecule has 3 rings (SSSR count). The lowest BCUT2D eigenvalue weighted by Gasteiger charge is -2.08. The summed E-state index contributed by atoms with van der Waals surface area (Å²) >= 11 is 5.96. The SMILES string of the molecule is Cl.NC1CC1c1ccc(NCc2cccc(Cl)c2)cc1. The maximum atomic E-state index is 5.96. The number of nitrogens with two attached hydrogens (primary N) is 1. The molecular formula is C16H18Cl2N2. The van der Waals surface area contributed by atoms with Crippen LogP contribution in [-0.4, -0.2) is 6.04 Å². The van der Waals surface area contributed by atoms with Crippen LogP contribution in [0.5, 0.6) is 0 Å². The van der Waals surface area contributed by atoms with Crippen LogP contribution in [0.2, 0.25) is 5.02 Å².